The molecule has 0 aromatic carbocycles. The first-order valence-electron chi connectivity index (χ1n) is 7.10. The van der Waals surface area contributed by atoms with Gasteiger partial charge in [0.05, 0.1) is 0 Å². The molecule has 0 atom stereocenters. The predicted molar refractivity (Wildman–Crippen MR) is 67.3 cm³/mol. The minimum absolute atomic E-state index is 0.731. The van der Waals surface area contributed by atoms with E-state index in [9.17, 15) is 0 Å². The zero-order valence-electron chi connectivity index (χ0n) is 10.5. The third-order valence-electron chi connectivity index (χ3n) is 3.47. The summed E-state index contributed by atoms with van der Waals surface area (Å²) in [5, 5.41) is 4.80. The topological polar surface area (TPSA) is 14.1 Å². The summed E-state index contributed by atoms with van der Waals surface area (Å²) in [7, 11) is 0. The molecule has 0 aromatic rings. The Morgan fingerprint density at radius 2 is 1.53 bits per heavy atom. The maximum absolute atomic E-state index is 4.80. The number of hydrogen-bond acceptors (Lipinski definition) is 0. The minimum Gasteiger partial charge on any atom is -0.238 e. The van der Waals surface area contributed by atoms with Gasteiger partial charge in [0.1, 0.15) is 0 Å². The van der Waals surface area contributed by atoms with Gasteiger partial charge in [0, 0.05) is 12.6 Å². The lowest BCUT2D eigenvalue weighted by molar-refractivity contribution is 0.364. The molecule has 1 saturated carbocycles. The van der Waals surface area contributed by atoms with Gasteiger partial charge in [-0.1, -0.05) is 58.3 Å². The molecule has 1 heteroatoms. The smallest absolute Gasteiger partial charge is 0.0246 e. The maximum Gasteiger partial charge on any atom is 0.0246 e. The molecule has 0 unspecified atom stereocenters. The van der Waals surface area contributed by atoms with Crippen LogP contribution in [0, 0.1) is 0 Å². The van der Waals surface area contributed by atoms with Crippen molar-refractivity contribution in [3.8, 4) is 0 Å². The lowest BCUT2D eigenvalue weighted by Crippen LogP contribution is -2.25. The first-order valence-corrected chi connectivity index (χ1v) is 7.10. The average Bonchev–Trinajstić information content (AvgIpc) is 2.29. The fourth-order valence-electron chi connectivity index (χ4n) is 2.43. The van der Waals surface area contributed by atoms with Crippen molar-refractivity contribution >= 4 is 0 Å². The molecule has 0 amide bonds. The van der Waals surface area contributed by atoms with E-state index in [-0.39, 0.29) is 0 Å². The van der Waals surface area contributed by atoms with Gasteiger partial charge >= 0.3 is 0 Å². The van der Waals surface area contributed by atoms with Crippen LogP contribution in [0.25, 0.3) is 0 Å². The fraction of sp³-hybridized carbons (Fsp3) is 1.00. The van der Waals surface area contributed by atoms with Crippen molar-refractivity contribution in [1.29, 1.82) is 0 Å². The second-order valence-electron chi connectivity index (χ2n) is 4.97. The summed E-state index contributed by atoms with van der Waals surface area (Å²) < 4.78 is 0. The van der Waals surface area contributed by atoms with Gasteiger partial charge in [0.2, 0.25) is 0 Å². The van der Waals surface area contributed by atoms with Crippen LogP contribution in [0.3, 0.4) is 0 Å². The molecule has 0 aliphatic heterocycles. The van der Waals surface area contributed by atoms with Crippen molar-refractivity contribution in [2.45, 2.75) is 83.6 Å². The maximum atomic E-state index is 4.80. The molecule has 1 aliphatic rings. The van der Waals surface area contributed by atoms with E-state index in [2.05, 4.69) is 6.92 Å². The van der Waals surface area contributed by atoms with Crippen molar-refractivity contribution in [1.82, 2.24) is 5.32 Å². The van der Waals surface area contributed by atoms with Crippen LogP contribution in [0.15, 0.2) is 0 Å². The van der Waals surface area contributed by atoms with Crippen LogP contribution < -0.4 is 5.32 Å². The summed E-state index contributed by atoms with van der Waals surface area (Å²) in [6.07, 6.45) is 15.4. The Labute approximate surface area is 96.0 Å². The molecular weight excluding hydrogens is 182 g/mol. The van der Waals surface area contributed by atoms with Crippen molar-refractivity contribution in [3.63, 3.8) is 0 Å². The number of rotatable bonds is 8. The molecule has 0 aromatic heterocycles. The molecular formula is C14H28N. The van der Waals surface area contributed by atoms with E-state index in [0.29, 0.717) is 0 Å². The van der Waals surface area contributed by atoms with Gasteiger partial charge in [-0.2, -0.15) is 0 Å². The standard InChI is InChI=1S/C14H28N/c1-2-3-4-5-6-10-13-15-14-11-8-7-9-12-14/h14H,2-13H2,1H3. The molecule has 1 nitrogen and oxygen atoms in total. The first-order chi connectivity index (χ1) is 7.43. The molecule has 89 valence electrons. The zero-order valence-corrected chi connectivity index (χ0v) is 10.5. The zero-order chi connectivity index (χ0) is 10.8. The lowest BCUT2D eigenvalue weighted by atomic mass is 9.95. The lowest BCUT2D eigenvalue weighted by Gasteiger charge is -2.21. The van der Waals surface area contributed by atoms with E-state index in [1.165, 1.54) is 70.6 Å². The third-order valence-corrected chi connectivity index (χ3v) is 3.47. The summed E-state index contributed by atoms with van der Waals surface area (Å²) in [5.74, 6) is 0. The van der Waals surface area contributed by atoms with E-state index in [1.807, 2.05) is 0 Å². The molecule has 1 aliphatic carbocycles. The Morgan fingerprint density at radius 3 is 2.27 bits per heavy atom. The van der Waals surface area contributed by atoms with Crippen LogP contribution in [0.4, 0.5) is 0 Å². The molecule has 0 bridgehead atoms. The monoisotopic (exact) mass is 210 g/mol. The predicted octanol–water partition coefficient (Wildman–Crippen LogP) is 4.28. The largest absolute Gasteiger partial charge is 0.238 e. The minimum atomic E-state index is 0.731. The summed E-state index contributed by atoms with van der Waals surface area (Å²) in [4.78, 5) is 0. The Kier molecular flexibility index (Phi) is 7.99. The Bertz CT molecular complexity index is 127. The highest BCUT2D eigenvalue weighted by Crippen LogP contribution is 2.18. The molecule has 1 radical (unpaired) electrons. The van der Waals surface area contributed by atoms with Crippen molar-refractivity contribution in [3.05, 3.63) is 0 Å². The van der Waals surface area contributed by atoms with Gasteiger partial charge in [-0.05, 0) is 19.3 Å². The highest BCUT2D eigenvalue weighted by Gasteiger charge is 2.12. The molecule has 0 spiro atoms. The van der Waals surface area contributed by atoms with Gasteiger partial charge in [-0.25, -0.2) is 5.32 Å². The van der Waals surface area contributed by atoms with E-state index >= 15 is 0 Å². The molecule has 0 heterocycles. The highest BCUT2D eigenvalue weighted by atomic mass is 14.9. The first kappa shape index (κ1) is 13.0. The fourth-order valence-corrected chi connectivity index (χ4v) is 2.43. The van der Waals surface area contributed by atoms with Crippen LogP contribution in [0.5, 0.6) is 0 Å². The third kappa shape index (κ3) is 6.94. The summed E-state index contributed by atoms with van der Waals surface area (Å²) in [6.45, 7) is 3.41. The Balaban J connectivity index is 1.79. The van der Waals surface area contributed by atoms with Gasteiger partial charge in [0.15, 0.2) is 0 Å². The normalized spacial score (nSPS) is 18.2. The van der Waals surface area contributed by atoms with Crippen molar-refractivity contribution in [2.24, 2.45) is 0 Å². The quantitative estimate of drug-likeness (QED) is 0.531. The van der Waals surface area contributed by atoms with Gasteiger partial charge in [0.25, 0.3) is 0 Å². The van der Waals surface area contributed by atoms with Crippen molar-refractivity contribution < 1.29 is 0 Å². The van der Waals surface area contributed by atoms with Crippen LogP contribution >= 0.6 is 0 Å². The second-order valence-corrected chi connectivity index (χ2v) is 4.97. The van der Waals surface area contributed by atoms with Gasteiger partial charge in [-0.3, -0.25) is 0 Å². The van der Waals surface area contributed by atoms with Crippen LogP contribution in [-0.4, -0.2) is 12.6 Å². The number of nitrogens with zero attached hydrogens (tertiary/aromatic N) is 1. The summed E-state index contributed by atoms with van der Waals surface area (Å²) in [6, 6.07) is 0.731. The molecule has 1 fully saturated rings. The SMILES string of the molecule is CCCCCCCC[N]C1CCCCC1. The van der Waals surface area contributed by atoms with E-state index in [4.69, 9.17) is 5.32 Å². The van der Waals surface area contributed by atoms with E-state index in [0.717, 1.165) is 12.6 Å². The average molecular weight is 210 g/mol. The van der Waals surface area contributed by atoms with Crippen LogP contribution in [0.1, 0.15) is 77.6 Å². The number of unbranched alkanes of at least 4 members (excludes halogenated alkanes) is 5. The molecule has 0 saturated heterocycles. The Hall–Kier alpha value is -0.0400. The van der Waals surface area contributed by atoms with Crippen LogP contribution in [-0.2, 0) is 0 Å². The second kappa shape index (κ2) is 9.21. The van der Waals surface area contributed by atoms with Gasteiger partial charge < -0.3 is 0 Å². The van der Waals surface area contributed by atoms with Gasteiger partial charge in [-0.15, -0.1) is 0 Å². The highest BCUT2D eigenvalue weighted by molar-refractivity contribution is 4.71. The van der Waals surface area contributed by atoms with E-state index < -0.39 is 0 Å². The summed E-state index contributed by atoms with van der Waals surface area (Å²) in [5.41, 5.74) is 0. The number of hydrogen-bond donors (Lipinski definition) is 0. The summed E-state index contributed by atoms with van der Waals surface area (Å²) >= 11 is 0. The van der Waals surface area contributed by atoms with Crippen LogP contribution in [0.2, 0.25) is 0 Å². The molecule has 15 heavy (non-hydrogen) atoms. The molecule has 0 N–H and O–H groups in total. The van der Waals surface area contributed by atoms with Crippen molar-refractivity contribution in [2.75, 3.05) is 6.54 Å². The Morgan fingerprint density at radius 1 is 0.867 bits per heavy atom. The van der Waals surface area contributed by atoms with E-state index in [1.54, 1.807) is 0 Å². The molecule has 1 rings (SSSR count).